The second kappa shape index (κ2) is 4.24. The van der Waals surface area contributed by atoms with E-state index in [2.05, 4.69) is 38.4 Å². The van der Waals surface area contributed by atoms with Gasteiger partial charge in [0.2, 0.25) is 0 Å². The first-order valence-corrected chi connectivity index (χ1v) is 6.04. The van der Waals surface area contributed by atoms with Crippen LogP contribution in [0.5, 0.6) is 0 Å². The van der Waals surface area contributed by atoms with Crippen molar-refractivity contribution in [2.45, 2.75) is 25.3 Å². The van der Waals surface area contributed by atoms with Gasteiger partial charge in [0.15, 0.2) is 5.13 Å². The number of aromatic nitrogens is 1. The maximum Gasteiger partial charge on any atom is 0.183 e. The molecule has 4 heteroatoms. The number of nitrogens with zero attached hydrogens (tertiary/aromatic N) is 1. The van der Waals surface area contributed by atoms with Crippen molar-refractivity contribution in [1.82, 2.24) is 4.98 Å². The number of hydrogen-bond acceptors (Lipinski definition) is 3. The van der Waals surface area contributed by atoms with Gasteiger partial charge >= 0.3 is 0 Å². The van der Waals surface area contributed by atoms with E-state index >= 15 is 0 Å². The summed E-state index contributed by atoms with van der Waals surface area (Å²) in [4.78, 5) is 4.30. The average Bonchev–Trinajstić information content (AvgIpc) is 2.53. The molecule has 0 amide bonds. The van der Waals surface area contributed by atoms with Gasteiger partial charge in [0.25, 0.3) is 0 Å². The number of nitrogens with one attached hydrogen (secondary N) is 1. The summed E-state index contributed by atoms with van der Waals surface area (Å²) >= 11 is 4.99. The van der Waals surface area contributed by atoms with Crippen LogP contribution in [0.4, 0.5) is 5.13 Å². The summed E-state index contributed by atoms with van der Waals surface area (Å²) in [5.74, 6) is 0. The fraction of sp³-hybridized carbons (Fsp3) is 0.444. The molecule has 0 bridgehead atoms. The lowest BCUT2D eigenvalue weighted by molar-refractivity contribution is 0.644. The summed E-state index contributed by atoms with van der Waals surface area (Å²) in [7, 11) is 0. The second-order valence-corrected chi connectivity index (χ2v) is 4.77. The van der Waals surface area contributed by atoms with Gasteiger partial charge in [-0.15, -0.1) is 11.3 Å². The maximum atomic E-state index is 4.30. The predicted octanol–water partition coefficient (Wildman–Crippen LogP) is 3.43. The van der Waals surface area contributed by atoms with Crippen LogP contribution in [-0.4, -0.2) is 11.0 Å². The predicted molar refractivity (Wildman–Crippen MR) is 60.2 cm³/mol. The third-order valence-electron chi connectivity index (χ3n) is 2.07. The van der Waals surface area contributed by atoms with Crippen LogP contribution in [-0.2, 0) is 0 Å². The maximum absolute atomic E-state index is 4.30. The molecule has 0 aliphatic heterocycles. The van der Waals surface area contributed by atoms with Crippen molar-refractivity contribution in [3.8, 4) is 0 Å². The summed E-state index contributed by atoms with van der Waals surface area (Å²) in [5, 5.41) is 6.45. The van der Waals surface area contributed by atoms with Gasteiger partial charge in [0.05, 0.1) is 0 Å². The standard InChI is InChI=1S/C9H11BrN2S/c10-8-6-13-9(12-8)11-7-4-2-1-3-5-7/h1-2,6-7H,3-5H2,(H,11,12). The zero-order valence-electron chi connectivity index (χ0n) is 7.16. The highest BCUT2D eigenvalue weighted by Gasteiger charge is 2.10. The van der Waals surface area contributed by atoms with Crippen LogP contribution < -0.4 is 5.32 Å². The molecule has 0 radical (unpaired) electrons. The number of allylic oxidation sites excluding steroid dienone is 1. The zero-order valence-corrected chi connectivity index (χ0v) is 9.57. The van der Waals surface area contributed by atoms with Crippen LogP contribution in [0.1, 0.15) is 19.3 Å². The van der Waals surface area contributed by atoms with E-state index in [1.165, 1.54) is 12.8 Å². The lowest BCUT2D eigenvalue weighted by atomic mass is 10.0. The molecular formula is C9H11BrN2S. The van der Waals surface area contributed by atoms with Gasteiger partial charge in [-0.1, -0.05) is 12.2 Å². The van der Waals surface area contributed by atoms with Crippen molar-refractivity contribution < 1.29 is 0 Å². The highest BCUT2D eigenvalue weighted by atomic mass is 79.9. The Bertz CT molecular complexity index is 308. The molecule has 2 nitrogen and oxygen atoms in total. The first-order valence-electron chi connectivity index (χ1n) is 4.37. The Kier molecular flexibility index (Phi) is 3.01. The van der Waals surface area contributed by atoms with Gasteiger partial charge < -0.3 is 5.32 Å². The van der Waals surface area contributed by atoms with Crippen molar-refractivity contribution in [2.75, 3.05) is 5.32 Å². The summed E-state index contributed by atoms with van der Waals surface area (Å²) in [6.07, 6.45) is 8.01. The van der Waals surface area contributed by atoms with Crippen molar-refractivity contribution in [3.63, 3.8) is 0 Å². The fourth-order valence-corrected chi connectivity index (χ4v) is 2.64. The van der Waals surface area contributed by atoms with Crippen molar-refractivity contribution in [2.24, 2.45) is 0 Å². The first-order chi connectivity index (χ1) is 6.34. The smallest absolute Gasteiger partial charge is 0.183 e. The number of anilines is 1. The molecule has 1 unspecified atom stereocenters. The molecule has 1 aromatic heterocycles. The molecule has 70 valence electrons. The van der Waals surface area contributed by atoms with Crippen LogP contribution >= 0.6 is 27.3 Å². The number of thiazole rings is 1. The summed E-state index contributed by atoms with van der Waals surface area (Å²) in [5.41, 5.74) is 0. The van der Waals surface area contributed by atoms with Gasteiger partial charge in [-0.2, -0.15) is 0 Å². The molecular weight excluding hydrogens is 248 g/mol. The summed E-state index contributed by atoms with van der Waals surface area (Å²) in [6, 6.07) is 0.572. The lowest BCUT2D eigenvalue weighted by Gasteiger charge is -2.18. The minimum Gasteiger partial charge on any atom is -0.358 e. The van der Waals surface area contributed by atoms with Crippen LogP contribution in [0, 0.1) is 0 Å². The van der Waals surface area contributed by atoms with Crippen LogP contribution in [0.2, 0.25) is 0 Å². The molecule has 0 fully saturated rings. The molecule has 0 saturated heterocycles. The molecule has 2 rings (SSSR count). The van der Waals surface area contributed by atoms with E-state index in [0.717, 1.165) is 16.2 Å². The zero-order chi connectivity index (χ0) is 9.10. The van der Waals surface area contributed by atoms with Crippen LogP contribution in [0.25, 0.3) is 0 Å². The van der Waals surface area contributed by atoms with Crippen molar-refractivity contribution >= 4 is 32.4 Å². The normalized spacial score (nSPS) is 21.8. The Balaban J connectivity index is 1.94. The number of halogens is 1. The first kappa shape index (κ1) is 9.21. The van der Waals surface area contributed by atoms with Crippen LogP contribution in [0.3, 0.4) is 0 Å². The third-order valence-corrected chi connectivity index (χ3v) is 3.56. The largest absolute Gasteiger partial charge is 0.358 e. The molecule has 1 aromatic rings. The van der Waals surface area contributed by atoms with E-state index in [-0.39, 0.29) is 0 Å². The molecule has 0 spiro atoms. The lowest BCUT2D eigenvalue weighted by Crippen LogP contribution is -2.19. The second-order valence-electron chi connectivity index (χ2n) is 3.10. The molecule has 0 saturated carbocycles. The Morgan fingerprint density at radius 3 is 3.08 bits per heavy atom. The Morgan fingerprint density at radius 2 is 2.46 bits per heavy atom. The molecule has 1 heterocycles. The Morgan fingerprint density at radius 1 is 1.54 bits per heavy atom. The average molecular weight is 259 g/mol. The van der Waals surface area contributed by atoms with Gasteiger partial charge in [-0.25, -0.2) is 4.98 Å². The fourth-order valence-electron chi connectivity index (χ4n) is 1.42. The molecule has 1 aliphatic carbocycles. The van der Waals surface area contributed by atoms with E-state index in [1.54, 1.807) is 11.3 Å². The van der Waals surface area contributed by atoms with Gasteiger partial charge in [0, 0.05) is 11.4 Å². The van der Waals surface area contributed by atoms with E-state index < -0.39 is 0 Å². The van der Waals surface area contributed by atoms with Crippen molar-refractivity contribution in [3.05, 3.63) is 22.1 Å². The molecule has 0 aromatic carbocycles. The molecule has 1 aliphatic rings. The molecule has 1 atom stereocenters. The Labute approximate surface area is 90.2 Å². The SMILES string of the molecule is Brc1csc(NC2CC=CCC2)n1. The quantitative estimate of drug-likeness (QED) is 0.823. The van der Waals surface area contributed by atoms with E-state index in [4.69, 9.17) is 0 Å². The third kappa shape index (κ3) is 2.54. The Hall–Kier alpha value is -0.350. The topological polar surface area (TPSA) is 24.9 Å². The minimum atomic E-state index is 0.572. The van der Waals surface area contributed by atoms with Crippen molar-refractivity contribution in [1.29, 1.82) is 0 Å². The summed E-state index contributed by atoms with van der Waals surface area (Å²) < 4.78 is 0.923. The minimum absolute atomic E-state index is 0.572. The monoisotopic (exact) mass is 258 g/mol. The highest BCUT2D eigenvalue weighted by molar-refractivity contribution is 9.10. The highest BCUT2D eigenvalue weighted by Crippen LogP contribution is 2.22. The van der Waals surface area contributed by atoms with Crippen LogP contribution in [0.15, 0.2) is 22.1 Å². The number of hydrogen-bond donors (Lipinski definition) is 1. The molecule has 13 heavy (non-hydrogen) atoms. The van der Waals surface area contributed by atoms with Gasteiger partial charge in [0.1, 0.15) is 4.60 Å². The van der Waals surface area contributed by atoms with Gasteiger partial charge in [-0.3, -0.25) is 0 Å². The van der Waals surface area contributed by atoms with E-state index in [0.29, 0.717) is 6.04 Å². The molecule has 1 N–H and O–H groups in total. The van der Waals surface area contributed by atoms with Gasteiger partial charge in [-0.05, 0) is 35.2 Å². The van der Waals surface area contributed by atoms with E-state index in [9.17, 15) is 0 Å². The summed E-state index contributed by atoms with van der Waals surface area (Å²) in [6.45, 7) is 0. The van der Waals surface area contributed by atoms with E-state index in [1.807, 2.05) is 5.38 Å². The number of rotatable bonds is 2.